The van der Waals surface area contributed by atoms with Gasteiger partial charge in [0.1, 0.15) is 5.82 Å². The van der Waals surface area contributed by atoms with Gasteiger partial charge in [0.05, 0.1) is 17.4 Å². The van der Waals surface area contributed by atoms with Crippen molar-refractivity contribution < 1.29 is 14.0 Å². The van der Waals surface area contributed by atoms with E-state index in [1.54, 1.807) is 23.7 Å². The van der Waals surface area contributed by atoms with Gasteiger partial charge in [0.2, 0.25) is 5.91 Å². The summed E-state index contributed by atoms with van der Waals surface area (Å²) in [5.74, 6) is -1.05. The second-order valence-electron chi connectivity index (χ2n) is 7.62. The Bertz CT molecular complexity index is 1240. The van der Waals surface area contributed by atoms with Crippen LogP contribution in [0.5, 0.6) is 0 Å². The van der Waals surface area contributed by atoms with Crippen molar-refractivity contribution in [3.8, 4) is 22.4 Å². The molecule has 0 bridgehead atoms. The molecule has 2 heterocycles. The number of benzene rings is 1. The van der Waals surface area contributed by atoms with Crippen LogP contribution in [0.4, 0.5) is 9.18 Å². The number of nitrogens with zero attached hydrogens (tertiary/aromatic N) is 3. The summed E-state index contributed by atoms with van der Waals surface area (Å²) in [4.78, 5) is 27.0. The lowest BCUT2D eigenvalue weighted by atomic mass is 9.91. The van der Waals surface area contributed by atoms with Gasteiger partial charge in [0.15, 0.2) is 0 Å². The number of aryl methyl sites for hydroxylation is 1. The lowest BCUT2D eigenvalue weighted by Crippen LogP contribution is -2.46. The third-order valence-electron chi connectivity index (χ3n) is 4.82. The van der Waals surface area contributed by atoms with Gasteiger partial charge in [0, 0.05) is 42.5 Å². The zero-order chi connectivity index (χ0) is 24.3. The molecule has 10 heteroatoms. The highest BCUT2D eigenvalue weighted by Crippen LogP contribution is 2.39. The lowest BCUT2D eigenvalue weighted by molar-refractivity contribution is -0.119. The SMILES string of the molecule is C=C(C)c1cc(Cl)cc(-c2cnc(C(C)NC(=O)NNC(C)=O)c(F)c2)c1-c1ccn(C)n1. The standard InChI is InChI=1S/C23H24ClFN6O2/c1-12(2)17-9-16(24)10-18(21(17)20-6-7-31(5)30-20)15-8-19(25)22(26-11-15)13(3)27-23(33)29-28-14(4)32/h6-11,13H,1H2,2-5H3,(H,28,32)(H2,27,29,33). The number of carbonyl (C=O) groups excluding carboxylic acids is 2. The molecular weight excluding hydrogens is 447 g/mol. The monoisotopic (exact) mass is 470 g/mol. The van der Waals surface area contributed by atoms with Crippen molar-refractivity contribution in [3.63, 3.8) is 0 Å². The van der Waals surface area contributed by atoms with Crippen LogP contribution >= 0.6 is 11.6 Å². The Labute approximate surface area is 195 Å². The molecule has 3 N–H and O–H groups in total. The van der Waals surface area contributed by atoms with Gasteiger partial charge in [-0.15, -0.1) is 0 Å². The zero-order valence-electron chi connectivity index (χ0n) is 18.7. The van der Waals surface area contributed by atoms with Gasteiger partial charge < -0.3 is 5.32 Å². The fourth-order valence-corrected chi connectivity index (χ4v) is 3.57. The van der Waals surface area contributed by atoms with E-state index in [-0.39, 0.29) is 5.69 Å². The van der Waals surface area contributed by atoms with Gasteiger partial charge in [-0.3, -0.25) is 19.9 Å². The third-order valence-corrected chi connectivity index (χ3v) is 5.04. The summed E-state index contributed by atoms with van der Waals surface area (Å²) >= 11 is 6.37. The fourth-order valence-electron chi connectivity index (χ4n) is 3.36. The van der Waals surface area contributed by atoms with E-state index in [1.807, 2.05) is 26.2 Å². The Morgan fingerprint density at radius 3 is 2.52 bits per heavy atom. The molecule has 1 unspecified atom stereocenters. The van der Waals surface area contributed by atoms with Crippen molar-refractivity contribution in [2.45, 2.75) is 26.8 Å². The molecule has 172 valence electrons. The van der Waals surface area contributed by atoms with Crippen LogP contribution in [0.15, 0.2) is 43.2 Å². The summed E-state index contributed by atoms with van der Waals surface area (Å²) in [5.41, 5.74) is 8.54. The number of amides is 3. The van der Waals surface area contributed by atoms with Crippen molar-refractivity contribution in [1.82, 2.24) is 30.9 Å². The maximum Gasteiger partial charge on any atom is 0.334 e. The maximum atomic E-state index is 15.1. The topological polar surface area (TPSA) is 101 Å². The van der Waals surface area contributed by atoms with Gasteiger partial charge in [-0.2, -0.15) is 5.10 Å². The molecule has 33 heavy (non-hydrogen) atoms. The van der Waals surface area contributed by atoms with Crippen LogP contribution < -0.4 is 16.2 Å². The number of nitrogens with one attached hydrogen (secondary N) is 3. The fraction of sp³-hybridized carbons (Fsp3) is 0.217. The van der Waals surface area contributed by atoms with Gasteiger partial charge in [0.25, 0.3) is 0 Å². The Hall–Kier alpha value is -3.72. The van der Waals surface area contributed by atoms with E-state index < -0.39 is 23.8 Å². The zero-order valence-corrected chi connectivity index (χ0v) is 19.4. The highest BCUT2D eigenvalue weighted by atomic mass is 35.5. The number of urea groups is 1. The van der Waals surface area contributed by atoms with Crippen LogP contribution in [0.3, 0.4) is 0 Å². The molecule has 0 spiro atoms. The summed E-state index contributed by atoms with van der Waals surface area (Å²) in [6, 6.07) is 5.28. The number of hydrazine groups is 1. The second-order valence-corrected chi connectivity index (χ2v) is 8.06. The van der Waals surface area contributed by atoms with Crippen LogP contribution in [0.25, 0.3) is 28.0 Å². The van der Waals surface area contributed by atoms with E-state index in [4.69, 9.17) is 11.6 Å². The van der Waals surface area contributed by atoms with E-state index in [1.165, 1.54) is 19.2 Å². The molecule has 0 aliphatic carbocycles. The predicted octanol–water partition coefficient (Wildman–Crippen LogP) is 4.39. The van der Waals surface area contributed by atoms with Crippen molar-refractivity contribution in [3.05, 3.63) is 65.3 Å². The molecule has 0 radical (unpaired) electrons. The normalized spacial score (nSPS) is 11.6. The lowest BCUT2D eigenvalue weighted by Gasteiger charge is -2.17. The Morgan fingerprint density at radius 2 is 1.94 bits per heavy atom. The summed E-state index contributed by atoms with van der Waals surface area (Å²) < 4.78 is 16.8. The molecule has 0 saturated carbocycles. The largest absolute Gasteiger partial charge is 0.334 e. The number of aromatic nitrogens is 3. The molecule has 8 nitrogen and oxygen atoms in total. The van der Waals surface area contributed by atoms with Crippen molar-refractivity contribution >= 4 is 29.1 Å². The van der Waals surface area contributed by atoms with Crippen LogP contribution in [-0.4, -0.2) is 26.7 Å². The average molecular weight is 471 g/mol. The van der Waals surface area contributed by atoms with Gasteiger partial charge in [-0.25, -0.2) is 14.6 Å². The number of allylic oxidation sites excluding steroid dienone is 1. The molecule has 0 fully saturated rings. The summed E-state index contributed by atoms with van der Waals surface area (Å²) in [6.07, 6.45) is 3.33. The average Bonchev–Trinajstić information content (AvgIpc) is 3.17. The Morgan fingerprint density at radius 1 is 1.21 bits per heavy atom. The molecule has 1 atom stereocenters. The maximum absolute atomic E-state index is 15.1. The molecule has 0 aliphatic rings. The molecule has 0 saturated heterocycles. The molecule has 1 aromatic carbocycles. The molecule has 2 aromatic heterocycles. The predicted molar refractivity (Wildman–Crippen MR) is 125 cm³/mol. The minimum Gasteiger partial charge on any atom is -0.329 e. The van der Waals surface area contributed by atoms with Crippen molar-refractivity contribution in [2.24, 2.45) is 7.05 Å². The molecule has 0 aliphatic heterocycles. The van der Waals surface area contributed by atoms with Gasteiger partial charge >= 0.3 is 6.03 Å². The molecule has 3 aromatic rings. The number of hydrogen-bond donors (Lipinski definition) is 3. The van der Waals surface area contributed by atoms with E-state index in [9.17, 15) is 9.59 Å². The summed E-state index contributed by atoms with van der Waals surface area (Å²) in [5, 5.41) is 7.49. The number of carbonyl (C=O) groups is 2. The number of pyridine rings is 1. The second kappa shape index (κ2) is 9.83. The number of hydrogen-bond acceptors (Lipinski definition) is 4. The smallest absolute Gasteiger partial charge is 0.329 e. The Kier molecular flexibility index (Phi) is 7.13. The third kappa shape index (κ3) is 5.56. The molecule has 3 amide bonds. The molecular formula is C23H24ClFN6O2. The van der Waals surface area contributed by atoms with E-state index >= 15 is 4.39 Å². The quantitative estimate of drug-likeness (QED) is 0.481. The first kappa shape index (κ1) is 23.9. The first-order valence-corrected chi connectivity index (χ1v) is 10.4. The highest BCUT2D eigenvalue weighted by molar-refractivity contribution is 6.31. The van der Waals surface area contributed by atoms with Crippen LogP contribution in [0.2, 0.25) is 5.02 Å². The van der Waals surface area contributed by atoms with E-state index in [0.29, 0.717) is 21.8 Å². The Balaban J connectivity index is 2.01. The van der Waals surface area contributed by atoms with Crippen molar-refractivity contribution in [1.29, 1.82) is 0 Å². The summed E-state index contributed by atoms with van der Waals surface area (Å²) in [7, 11) is 1.81. The first-order chi connectivity index (χ1) is 15.6. The van der Waals surface area contributed by atoms with Gasteiger partial charge in [-0.05, 0) is 49.2 Å². The van der Waals surface area contributed by atoms with Gasteiger partial charge in [-0.1, -0.05) is 23.8 Å². The van der Waals surface area contributed by atoms with E-state index in [2.05, 4.69) is 32.8 Å². The van der Waals surface area contributed by atoms with Crippen molar-refractivity contribution in [2.75, 3.05) is 0 Å². The van der Waals surface area contributed by atoms with Crippen LogP contribution in [-0.2, 0) is 11.8 Å². The van der Waals surface area contributed by atoms with E-state index in [0.717, 1.165) is 16.7 Å². The van der Waals surface area contributed by atoms with Crippen LogP contribution in [0.1, 0.15) is 38.1 Å². The highest BCUT2D eigenvalue weighted by Gasteiger charge is 2.20. The summed E-state index contributed by atoms with van der Waals surface area (Å²) in [6.45, 7) is 8.74. The minimum absolute atomic E-state index is 0.0401. The number of rotatable bonds is 5. The van der Waals surface area contributed by atoms with Crippen LogP contribution in [0, 0.1) is 5.82 Å². The number of halogens is 2. The minimum atomic E-state index is -0.756. The first-order valence-electron chi connectivity index (χ1n) is 10.0. The molecule has 3 rings (SSSR count).